The molecule has 33 unspecified atom stereocenters. The third-order valence-corrected chi connectivity index (χ3v) is 41.7. The molecule has 0 aromatic rings. The van der Waals surface area contributed by atoms with Crippen LogP contribution in [0.2, 0.25) is 0 Å². The predicted octanol–water partition coefficient (Wildman–Crippen LogP) is 20.4. The molecule has 25 fully saturated rings. The minimum atomic E-state index is -0.555. The monoisotopic (exact) mass is 1690 g/mol. The second-order valence-corrected chi connectivity index (χ2v) is 50.3. The molecule has 25 aliphatic rings. The molecule has 121 heavy (non-hydrogen) atoms. The first-order valence-electron chi connectivity index (χ1n) is 50.8. The molecular formula is C105H168O16. The van der Waals surface area contributed by atoms with Crippen LogP contribution in [0.25, 0.3) is 0 Å². The van der Waals surface area contributed by atoms with E-state index in [1.807, 2.05) is 69.2 Å². The molecule has 33 atom stereocenters. The van der Waals surface area contributed by atoms with Crippen LogP contribution in [0.5, 0.6) is 0 Å². The van der Waals surface area contributed by atoms with Crippen LogP contribution in [0.3, 0.4) is 0 Å². The third-order valence-electron chi connectivity index (χ3n) is 41.7. The summed E-state index contributed by atoms with van der Waals surface area (Å²) in [7, 11) is 0. The van der Waals surface area contributed by atoms with Crippen LogP contribution in [-0.4, -0.2) is 116 Å². The van der Waals surface area contributed by atoms with Crippen LogP contribution in [0.1, 0.15) is 344 Å². The topological polar surface area (TPSA) is 239 Å². The average Bonchev–Trinajstić information content (AvgIpc) is 1.67. The van der Waals surface area contributed by atoms with Gasteiger partial charge in [-0.2, -0.15) is 0 Å². The number of carbonyl (C=O) groups excluding carboxylic acids is 6. The Balaban J connectivity index is 0.000000105. The van der Waals surface area contributed by atoms with Crippen molar-refractivity contribution < 1.29 is 77.6 Å². The molecule has 684 valence electrons. The fourth-order valence-electron chi connectivity index (χ4n) is 34.6. The smallest absolute Gasteiger partial charge is 0.312 e. The highest BCUT2D eigenvalue weighted by atomic mass is 16.6. The van der Waals surface area contributed by atoms with Crippen molar-refractivity contribution in [2.75, 3.05) is 13.2 Å². The summed E-state index contributed by atoms with van der Waals surface area (Å²) in [5.41, 5.74) is -3.08. The number of hydrogen-bond donors (Lipinski definition) is 4. The largest absolute Gasteiger partial charge is 0.463 e. The first-order valence-corrected chi connectivity index (χ1v) is 50.8. The lowest BCUT2D eigenvalue weighted by Gasteiger charge is -2.61. The van der Waals surface area contributed by atoms with Crippen LogP contribution < -0.4 is 0 Å². The van der Waals surface area contributed by atoms with E-state index in [4.69, 9.17) is 33.5 Å². The number of carbonyl (C=O) groups is 6. The van der Waals surface area contributed by atoms with Gasteiger partial charge in [-0.1, -0.05) is 83.1 Å². The Hall–Kier alpha value is -3.34. The Bertz CT molecular complexity index is 3650. The van der Waals surface area contributed by atoms with Crippen LogP contribution in [-0.2, 0) is 57.2 Å². The van der Waals surface area contributed by atoms with E-state index in [1.165, 1.54) is 82.5 Å². The molecule has 1 heterocycles. The molecule has 1 saturated heterocycles. The predicted molar refractivity (Wildman–Crippen MR) is 466 cm³/mol. The number of ether oxygens (including phenoxy) is 6. The summed E-state index contributed by atoms with van der Waals surface area (Å²) >= 11 is 0. The highest BCUT2D eigenvalue weighted by Gasteiger charge is 2.70. The number of aliphatic hydroxyl groups excluding tert-OH is 2. The average molecular weight is 1690 g/mol. The van der Waals surface area contributed by atoms with Gasteiger partial charge in [0.2, 0.25) is 0 Å². The quantitative estimate of drug-likeness (QED) is 0.0638. The second-order valence-electron chi connectivity index (χ2n) is 50.3. The van der Waals surface area contributed by atoms with Crippen LogP contribution in [0.15, 0.2) is 0 Å². The molecule has 24 bridgehead atoms. The summed E-state index contributed by atoms with van der Waals surface area (Å²) in [4.78, 5) is 72.5. The summed E-state index contributed by atoms with van der Waals surface area (Å²) in [5.74, 6) is 25.4. The van der Waals surface area contributed by atoms with Gasteiger partial charge in [0.15, 0.2) is 0 Å². The normalized spacial score (nSPS) is 49.6. The zero-order chi connectivity index (χ0) is 87.0. The summed E-state index contributed by atoms with van der Waals surface area (Å²) < 4.78 is 34.1. The van der Waals surface area contributed by atoms with E-state index in [9.17, 15) is 44.1 Å². The van der Waals surface area contributed by atoms with E-state index in [1.54, 1.807) is 19.3 Å². The van der Waals surface area contributed by atoms with Crippen molar-refractivity contribution in [3.05, 3.63) is 0 Å². The van der Waals surface area contributed by atoms with Gasteiger partial charge in [-0.15, -0.1) is 0 Å². The van der Waals surface area contributed by atoms with Gasteiger partial charge in [-0.3, -0.25) is 28.8 Å². The molecule has 25 rings (SSSR count). The van der Waals surface area contributed by atoms with Crippen molar-refractivity contribution in [3.8, 4) is 0 Å². The van der Waals surface area contributed by atoms with Crippen molar-refractivity contribution >= 4 is 35.8 Å². The number of rotatable bonds is 16. The Morgan fingerprint density at radius 1 is 0.455 bits per heavy atom. The van der Waals surface area contributed by atoms with Crippen LogP contribution in [0, 0.1) is 217 Å². The molecule has 0 spiro atoms. The summed E-state index contributed by atoms with van der Waals surface area (Å²) in [6, 6.07) is 0. The maximum atomic E-state index is 12.6. The minimum Gasteiger partial charge on any atom is -0.463 e. The maximum absolute atomic E-state index is 12.6. The Labute approximate surface area is 729 Å². The van der Waals surface area contributed by atoms with Gasteiger partial charge >= 0.3 is 35.8 Å². The fourth-order valence-corrected chi connectivity index (χ4v) is 34.6. The third kappa shape index (κ3) is 16.5. The highest BCUT2D eigenvalue weighted by molar-refractivity contribution is 5.79. The number of hydrogen-bond acceptors (Lipinski definition) is 16. The van der Waals surface area contributed by atoms with Crippen molar-refractivity contribution in [1.82, 2.24) is 0 Å². The number of fused-ring (bicyclic) bond motifs is 21. The van der Waals surface area contributed by atoms with E-state index in [2.05, 4.69) is 69.2 Å². The Morgan fingerprint density at radius 2 is 0.893 bits per heavy atom. The fraction of sp³-hybridized carbons (Fsp3) is 0.943. The zero-order valence-electron chi connectivity index (χ0n) is 79.0. The minimum absolute atomic E-state index is 0.00857. The number of esters is 6. The first kappa shape index (κ1) is 91.0. The molecule has 4 N–H and O–H groups in total. The van der Waals surface area contributed by atoms with Gasteiger partial charge in [-0.05, 0) is 414 Å². The van der Waals surface area contributed by atoms with Gasteiger partial charge in [0.05, 0.1) is 57.9 Å². The highest BCUT2D eigenvalue weighted by Crippen LogP contribution is 2.73. The van der Waals surface area contributed by atoms with E-state index in [0.29, 0.717) is 66.1 Å². The van der Waals surface area contributed by atoms with Crippen molar-refractivity contribution in [2.24, 2.45) is 217 Å². The maximum Gasteiger partial charge on any atom is 0.312 e. The lowest BCUT2D eigenvalue weighted by Crippen LogP contribution is -2.61. The molecular weight excluding hydrogens is 1520 g/mol. The molecule has 16 nitrogen and oxygen atoms in total. The zero-order valence-corrected chi connectivity index (χ0v) is 79.0. The lowest BCUT2D eigenvalue weighted by atomic mass is 9.46. The summed E-state index contributed by atoms with van der Waals surface area (Å²) in [6.07, 6.45) is 35.2. The van der Waals surface area contributed by atoms with Crippen LogP contribution in [0.4, 0.5) is 0 Å². The molecule has 0 amide bonds. The molecule has 1 aliphatic heterocycles. The van der Waals surface area contributed by atoms with Gasteiger partial charge in [0.1, 0.15) is 35.6 Å². The SMILES string of the molecule is CC1C(C)C2CC1C1C3CC(O)C(C3)C21.CC1C2CC(C(=O)OCCO)C(C2)C1C.CC1CC2CC1C1C3CC(C(C)C3C)C21.CCC(C)(C)C(=O)OC(C)(C)C12CC3CC(CC(C3)C1)C2.CCC(C)(C)C(=O)OC12CC3CC(CC(O)(C3)C1)C2.CCC(C)(C)C(=O)OC1C2CC3C(=O)OC1C3C2.CCC(C)C(=O)OC12CC3CC(CC(O)(C3)C1)C2. The Kier molecular flexibility index (Phi) is 25.0. The van der Waals surface area contributed by atoms with Gasteiger partial charge in [-0.25, -0.2) is 0 Å². The van der Waals surface area contributed by atoms with E-state index in [0.717, 1.165) is 215 Å². The molecule has 24 saturated carbocycles. The van der Waals surface area contributed by atoms with Gasteiger partial charge in [0.25, 0.3) is 0 Å². The van der Waals surface area contributed by atoms with Crippen LogP contribution >= 0.6 is 0 Å². The van der Waals surface area contributed by atoms with Gasteiger partial charge < -0.3 is 48.8 Å². The van der Waals surface area contributed by atoms with E-state index < -0.39 is 22.0 Å². The standard InChI is InChI=1S/C19H32O2.C16H26O3.C15H24O3.C15H24.C14H20O4.C14H22O.C12H20O3/c1-6-17(2,3)16(20)21-18(4,5)19-10-13-7-14(11-19)9-15(8-13)12-19;1-4-14(2,3)13(17)19-16-8-11-5-12(9-16)7-15(18,6-11)10-16;1-3-10(2)13(16)18-15-7-11-4-12(8-15)6-14(17,5-11)9-15;1-7-4-10-5-11(7)15-13-6-12(14(10)15)8(2)9(13)3;1-4-14(2,3)13(16)18-10-7-5-8-9(6-7)12(15)17-11(8)10;1-6-7(2)10-5-9(6)13-8-3-11(14(10)13)12(15)4-8;1-7-8(2)10-5-9(7)6-11(10)12(14)15-4-3-13/h13-15H,6-12H2,1-5H3;11-12,18H,4-10H2,1-3H3;10-12,17H,3-9H2,1-2H3;7-15H,4-6H2,1-3H3;7-11H,4-6H2,1-3H3;6-15H,3-5H2,1-2H3;7-11,13H,3-6H2,1-2H3. The molecule has 0 aromatic carbocycles. The van der Waals surface area contributed by atoms with E-state index in [-0.39, 0.29) is 113 Å². The molecule has 0 radical (unpaired) electrons. The van der Waals surface area contributed by atoms with Crippen molar-refractivity contribution in [3.63, 3.8) is 0 Å². The summed E-state index contributed by atoms with van der Waals surface area (Å²) in [6.45, 7) is 43.3. The summed E-state index contributed by atoms with van der Waals surface area (Å²) in [5, 5.41) is 39.9. The molecule has 0 aromatic heterocycles. The molecule has 16 heteroatoms. The second kappa shape index (κ2) is 33.2. The Morgan fingerprint density at radius 3 is 1.37 bits per heavy atom. The number of aliphatic hydroxyl groups is 4. The lowest BCUT2D eigenvalue weighted by molar-refractivity contribution is -0.225. The molecule has 24 aliphatic carbocycles. The van der Waals surface area contributed by atoms with Gasteiger partial charge in [0, 0.05) is 30.1 Å². The first-order chi connectivity index (χ1) is 56.8. The van der Waals surface area contributed by atoms with Crippen molar-refractivity contribution in [2.45, 2.75) is 390 Å². The van der Waals surface area contributed by atoms with E-state index >= 15 is 0 Å². The van der Waals surface area contributed by atoms with Crippen molar-refractivity contribution in [1.29, 1.82) is 0 Å².